The second kappa shape index (κ2) is 7.08. The van der Waals surface area contributed by atoms with E-state index in [0.717, 1.165) is 12.8 Å². The number of amides is 1. The van der Waals surface area contributed by atoms with Crippen LogP contribution in [-0.4, -0.2) is 18.5 Å². The van der Waals surface area contributed by atoms with Crippen LogP contribution in [0.2, 0.25) is 0 Å². The Morgan fingerprint density at radius 2 is 1.90 bits per heavy atom. The molecule has 2 rings (SSSR count). The molecule has 0 saturated heterocycles. The van der Waals surface area contributed by atoms with Gasteiger partial charge in [-0.1, -0.05) is 57.0 Å². The molecule has 0 spiro atoms. The summed E-state index contributed by atoms with van der Waals surface area (Å²) in [5, 5.41) is 3.09. The minimum atomic E-state index is -0.0500. The number of nitrogens with two attached hydrogens (primary N) is 1. The molecule has 1 saturated carbocycles. The lowest BCUT2D eigenvalue weighted by Crippen LogP contribution is -2.40. The van der Waals surface area contributed by atoms with Crippen LogP contribution in [0.1, 0.15) is 51.5 Å². The summed E-state index contributed by atoms with van der Waals surface area (Å²) < 4.78 is 0. The highest BCUT2D eigenvalue weighted by Crippen LogP contribution is 2.26. The van der Waals surface area contributed by atoms with Crippen molar-refractivity contribution in [3.05, 3.63) is 35.9 Å². The third-order valence-electron chi connectivity index (χ3n) is 4.70. The molecule has 3 nitrogen and oxygen atoms in total. The van der Waals surface area contributed by atoms with Crippen molar-refractivity contribution in [3.63, 3.8) is 0 Å². The SMILES string of the molecule is CC(C)(CNC(=O)CC1CCCCC1N)c1ccccc1. The van der Waals surface area contributed by atoms with Crippen molar-refractivity contribution in [2.45, 2.75) is 57.4 Å². The van der Waals surface area contributed by atoms with Crippen LogP contribution in [0.4, 0.5) is 0 Å². The molecule has 0 aromatic heterocycles. The Morgan fingerprint density at radius 1 is 1.24 bits per heavy atom. The van der Waals surface area contributed by atoms with E-state index in [4.69, 9.17) is 5.73 Å². The van der Waals surface area contributed by atoms with E-state index in [1.165, 1.54) is 18.4 Å². The zero-order valence-corrected chi connectivity index (χ0v) is 13.3. The first-order valence-corrected chi connectivity index (χ1v) is 8.07. The van der Waals surface area contributed by atoms with Gasteiger partial charge in [-0.25, -0.2) is 0 Å². The minimum Gasteiger partial charge on any atom is -0.355 e. The van der Waals surface area contributed by atoms with E-state index in [1.54, 1.807) is 0 Å². The smallest absolute Gasteiger partial charge is 0.220 e. The van der Waals surface area contributed by atoms with Gasteiger partial charge in [0.15, 0.2) is 0 Å². The van der Waals surface area contributed by atoms with E-state index in [9.17, 15) is 4.79 Å². The molecule has 0 heterocycles. The number of nitrogens with one attached hydrogen (secondary N) is 1. The highest BCUT2D eigenvalue weighted by Gasteiger charge is 2.26. The van der Waals surface area contributed by atoms with E-state index >= 15 is 0 Å². The van der Waals surface area contributed by atoms with Crippen LogP contribution in [-0.2, 0) is 10.2 Å². The molecule has 3 N–H and O–H groups in total. The van der Waals surface area contributed by atoms with E-state index in [2.05, 4.69) is 31.3 Å². The molecule has 0 bridgehead atoms. The van der Waals surface area contributed by atoms with Crippen molar-refractivity contribution in [2.24, 2.45) is 11.7 Å². The minimum absolute atomic E-state index is 0.0500. The fraction of sp³-hybridized carbons (Fsp3) is 0.611. The maximum atomic E-state index is 12.2. The zero-order chi connectivity index (χ0) is 15.3. The predicted octanol–water partition coefficient (Wildman–Crippen LogP) is 2.99. The molecular weight excluding hydrogens is 260 g/mol. The van der Waals surface area contributed by atoms with Gasteiger partial charge in [-0.05, 0) is 24.3 Å². The lowest BCUT2D eigenvalue weighted by molar-refractivity contribution is -0.122. The van der Waals surface area contributed by atoms with Crippen LogP contribution in [0.15, 0.2) is 30.3 Å². The zero-order valence-electron chi connectivity index (χ0n) is 13.3. The summed E-state index contributed by atoms with van der Waals surface area (Å²) in [6.45, 7) is 4.99. The standard InChI is InChI=1S/C18H28N2O/c1-18(2,15-9-4-3-5-10-15)13-20-17(21)12-14-8-6-7-11-16(14)19/h3-5,9-10,14,16H,6-8,11-13,19H2,1-2H3,(H,20,21). The van der Waals surface area contributed by atoms with Crippen LogP contribution in [0.3, 0.4) is 0 Å². The molecule has 1 aliphatic rings. The molecule has 21 heavy (non-hydrogen) atoms. The lowest BCUT2D eigenvalue weighted by atomic mass is 9.82. The van der Waals surface area contributed by atoms with Crippen LogP contribution < -0.4 is 11.1 Å². The number of carbonyl (C=O) groups excluding carboxylic acids is 1. The lowest BCUT2D eigenvalue weighted by Gasteiger charge is -2.29. The Morgan fingerprint density at radius 3 is 2.57 bits per heavy atom. The van der Waals surface area contributed by atoms with Gasteiger partial charge in [-0.3, -0.25) is 4.79 Å². The second-order valence-electron chi connectivity index (χ2n) is 6.94. The molecule has 1 aromatic carbocycles. The summed E-state index contributed by atoms with van der Waals surface area (Å²) in [7, 11) is 0. The maximum absolute atomic E-state index is 12.2. The van der Waals surface area contributed by atoms with Crippen LogP contribution in [0, 0.1) is 5.92 Å². The fourth-order valence-electron chi connectivity index (χ4n) is 3.11. The van der Waals surface area contributed by atoms with Gasteiger partial charge in [0.05, 0.1) is 0 Å². The monoisotopic (exact) mass is 288 g/mol. The number of benzene rings is 1. The van der Waals surface area contributed by atoms with Crippen molar-refractivity contribution in [1.29, 1.82) is 0 Å². The highest BCUT2D eigenvalue weighted by atomic mass is 16.1. The first kappa shape index (κ1) is 16.0. The Hall–Kier alpha value is -1.35. The molecular formula is C18H28N2O. The third-order valence-corrected chi connectivity index (χ3v) is 4.70. The average molecular weight is 288 g/mol. The van der Waals surface area contributed by atoms with Crippen LogP contribution >= 0.6 is 0 Å². The molecule has 0 aliphatic heterocycles. The van der Waals surface area contributed by atoms with Gasteiger partial charge < -0.3 is 11.1 Å². The first-order valence-electron chi connectivity index (χ1n) is 8.07. The van der Waals surface area contributed by atoms with Gasteiger partial charge in [0.2, 0.25) is 5.91 Å². The van der Waals surface area contributed by atoms with Crippen LogP contribution in [0.25, 0.3) is 0 Å². The van der Waals surface area contributed by atoms with Gasteiger partial charge in [-0.15, -0.1) is 0 Å². The van der Waals surface area contributed by atoms with E-state index in [1.807, 2.05) is 18.2 Å². The van der Waals surface area contributed by atoms with Crippen molar-refractivity contribution in [1.82, 2.24) is 5.32 Å². The van der Waals surface area contributed by atoms with Crippen molar-refractivity contribution in [2.75, 3.05) is 6.54 Å². The Labute approximate surface area is 128 Å². The molecule has 2 unspecified atom stereocenters. The summed E-state index contributed by atoms with van der Waals surface area (Å²) in [6.07, 6.45) is 5.15. The average Bonchev–Trinajstić information content (AvgIpc) is 2.49. The van der Waals surface area contributed by atoms with Gasteiger partial charge in [0.25, 0.3) is 0 Å². The molecule has 0 radical (unpaired) electrons. The topological polar surface area (TPSA) is 55.1 Å². The molecule has 3 heteroatoms. The van der Waals surface area contributed by atoms with E-state index in [-0.39, 0.29) is 17.4 Å². The molecule has 116 valence electrons. The van der Waals surface area contributed by atoms with Crippen molar-refractivity contribution < 1.29 is 4.79 Å². The van der Waals surface area contributed by atoms with Crippen LogP contribution in [0.5, 0.6) is 0 Å². The van der Waals surface area contributed by atoms with Gasteiger partial charge >= 0.3 is 0 Å². The maximum Gasteiger partial charge on any atom is 0.220 e. The molecule has 1 aromatic rings. The van der Waals surface area contributed by atoms with Gasteiger partial charge in [0, 0.05) is 24.4 Å². The van der Waals surface area contributed by atoms with E-state index in [0.29, 0.717) is 18.9 Å². The first-order chi connectivity index (χ1) is 9.99. The second-order valence-corrected chi connectivity index (χ2v) is 6.94. The Kier molecular flexibility index (Phi) is 5.40. The number of rotatable bonds is 5. The third kappa shape index (κ3) is 4.57. The summed E-state index contributed by atoms with van der Waals surface area (Å²) in [6, 6.07) is 10.5. The highest BCUT2D eigenvalue weighted by molar-refractivity contribution is 5.76. The summed E-state index contributed by atoms with van der Waals surface area (Å²) in [4.78, 5) is 12.2. The Bertz CT molecular complexity index is 456. The number of hydrogen-bond acceptors (Lipinski definition) is 2. The quantitative estimate of drug-likeness (QED) is 0.875. The fourth-order valence-corrected chi connectivity index (χ4v) is 3.11. The van der Waals surface area contributed by atoms with E-state index < -0.39 is 0 Å². The normalized spacial score (nSPS) is 22.8. The van der Waals surface area contributed by atoms with Gasteiger partial charge in [0.1, 0.15) is 0 Å². The molecule has 2 atom stereocenters. The molecule has 1 amide bonds. The summed E-state index contributed by atoms with van der Waals surface area (Å²) in [5.41, 5.74) is 7.32. The number of carbonyl (C=O) groups is 1. The molecule has 1 fully saturated rings. The Balaban J connectivity index is 1.83. The predicted molar refractivity (Wildman–Crippen MR) is 87.0 cm³/mol. The largest absolute Gasteiger partial charge is 0.355 e. The van der Waals surface area contributed by atoms with Crippen molar-refractivity contribution >= 4 is 5.91 Å². The summed E-state index contributed by atoms with van der Waals surface area (Å²) >= 11 is 0. The van der Waals surface area contributed by atoms with Gasteiger partial charge in [-0.2, -0.15) is 0 Å². The number of hydrogen-bond donors (Lipinski definition) is 2. The summed E-state index contributed by atoms with van der Waals surface area (Å²) in [5.74, 6) is 0.500. The molecule has 1 aliphatic carbocycles. The van der Waals surface area contributed by atoms with Crippen molar-refractivity contribution in [3.8, 4) is 0 Å².